The van der Waals surface area contributed by atoms with Gasteiger partial charge in [0.15, 0.2) is 0 Å². The van der Waals surface area contributed by atoms with Gasteiger partial charge in [-0.2, -0.15) is 0 Å². The Morgan fingerprint density at radius 2 is 1.64 bits per heavy atom. The molecule has 0 saturated carbocycles. The van der Waals surface area contributed by atoms with Crippen LogP contribution < -0.4 is 11.5 Å². The normalized spacial score (nSPS) is 10.9. The summed E-state index contributed by atoms with van der Waals surface area (Å²) < 4.78 is 0. The van der Waals surface area contributed by atoms with Gasteiger partial charge in [0.1, 0.15) is 0 Å². The van der Waals surface area contributed by atoms with Crippen molar-refractivity contribution in [2.45, 2.75) is 45.1 Å². The molecule has 4 N–H and O–H groups in total. The van der Waals surface area contributed by atoms with Gasteiger partial charge in [0.2, 0.25) is 0 Å². The second kappa shape index (κ2) is 6.89. The fraction of sp³-hybridized carbons (Fsp3) is 1.00. The van der Waals surface area contributed by atoms with E-state index in [0.717, 1.165) is 19.4 Å². The molecule has 0 aliphatic carbocycles. The molecule has 0 fully saturated rings. The molecule has 2 nitrogen and oxygen atoms in total. The highest BCUT2D eigenvalue weighted by molar-refractivity contribution is 5.85. The minimum absolute atomic E-state index is 0. The van der Waals surface area contributed by atoms with Gasteiger partial charge >= 0.3 is 0 Å². The van der Waals surface area contributed by atoms with Gasteiger partial charge in [0.25, 0.3) is 0 Å². The largest absolute Gasteiger partial charge is 0.330 e. The Labute approximate surface area is 76.1 Å². The van der Waals surface area contributed by atoms with Crippen molar-refractivity contribution in [3.63, 3.8) is 0 Å². The quantitative estimate of drug-likeness (QED) is 0.633. The molecule has 0 heterocycles. The van der Waals surface area contributed by atoms with E-state index in [1.807, 2.05) is 0 Å². The Morgan fingerprint density at radius 3 is 2.00 bits per heavy atom. The molecule has 3 heteroatoms. The summed E-state index contributed by atoms with van der Waals surface area (Å²) in [6.07, 6.45) is 4.67. The third-order valence-corrected chi connectivity index (χ3v) is 1.53. The van der Waals surface area contributed by atoms with Crippen molar-refractivity contribution < 1.29 is 0 Å². The van der Waals surface area contributed by atoms with Crippen molar-refractivity contribution in [2.24, 2.45) is 11.5 Å². The molecule has 0 aliphatic heterocycles. The fourth-order valence-corrected chi connectivity index (χ4v) is 0.902. The molecular formula is C8H21ClN2. The number of rotatable bonds is 5. The first-order valence-corrected chi connectivity index (χ1v) is 4.05. The van der Waals surface area contributed by atoms with Crippen LogP contribution >= 0.6 is 12.4 Å². The lowest BCUT2D eigenvalue weighted by atomic mass is 9.98. The number of halogens is 1. The summed E-state index contributed by atoms with van der Waals surface area (Å²) in [6.45, 7) is 4.94. The molecule has 70 valence electrons. The molecule has 0 rings (SSSR count). The van der Waals surface area contributed by atoms with Crippen LogP contribution in [0.3, 0.4) is 0 Å². The summed E-state index contributed by atoms with van der Waals surface area (Å²) >= 11 is 0. The smallest absolute Gasteiger partial charge is 0.00970 e. The van der Waals surface area contributed by atoms with E-state index in [-0.39, 0.29) is 17.9 Å². The third kappa shape index (κ3) is 13.2. The first-order chi connectivity index (χ1) is 4.56. The highest BCUT2D eigenvalue weighted by atomic mass is 35.5. The van der Waals surface area contributed by atoms with Gasteiger partial charge in [-0.25, -0.2) is 0 Å². The van der Waals surface area contributed by atoms with Crippen molar-refractivity contribution in [1.29, 1.82) is 0 Å². The molecule has 0 aromatic rings. The molecule has 0 bridgehead atoms. The first-order valence-electron chi connectivity index (χ1n) is 4.05. The van der Waals surface area contributed by atoms with Crippen molar-refractivity contribution in [3.05, 3.63) is 0 Å². The van der Waals surface area contributed by atoms with Crippen LogP contribution in [0.2, 0.25) is 0 Å². The predicted molar refractivity (Wildman–Crippen MR) is 53.0 cm³/mol. The molecule has 0 unspecified atom stereocenters. The summed E-state index contributed by atoms with van der Waals surface area (Å²) in [5.74, 6) is 0. The van der Waals surface area contributed by atoms with Crippen LogP contribution in [0.4, 0.5) is 0 Å². The summed E-state index contributed by atoms with van der Waals surface area (Å²) in [5, 5.41) is 0. The van der Waals surface area contributed by atoms with Crippen molar-refractivity contribution in [3.8, 4) is 0 Å². The van der Waals surface area contributed by atoms with Gasteiger partial charge in [0.05, 0.1) is 0 Å². The zero-order valence-corrected chi connectivity index (χ0v) is 8.41. The SMILES string of the molecule is CC(C)(N)CCCCCN.Cl. The number of hydrogen-bond acceptors (Lipinski definition) is 2. The second-order valence-corrected chi connectivity index (χ2v) is 3.59. The highest BCUT2D eigenvalue weighted by Gasteiger charge is 2.08. The van der Waals surface area contributed by atoms with Crippen LogP contribution in [0, 0.1) is 0 Å². The Morgan fingerprint density at radius 1 is 1.09 bits per heavy atom. The average Bonchev–Trinajstić information content (AvgIpc) is 1.78. The van der Waals surface area contributed by atoms with E-state index in [4.69, 9.17) is 11.5 Å². The predicted octanol–water partition coefficient (Wildman–Crippen LogP) is 1.66. The van der Waals surface area contributed by atoms with Gasteiger partial charge < -0.3 is 11.5 Å². The van der Waals surface area contributed by atoms with Gasteiger partial charge in [0, 0.05) is 5.54 Å². The van der Waals surface area contributed by atoms with Crippen molar-refractivity contribution in [1.82, 2.24) is 0 Å². The van der Waals surface area contributed by atoms with E-state index in [9.17, 15) is 0 Å². The lowest BCUT2D eigenvalue weighted by Gasteiger charge is -2.17. The van der Waals surface area contributed by atoms with Crippen molar-refractivity contribution >= 4 is 12.4 Å². The van der Waals surface area contributed by atoms with Crippen LogP contribution in [0.15, 0.2) is 0 Å². The summed E-state index contributed by atoms with van der Waals surface area (Å²) in [6, 6.07) is 0. The molecule has 0 amide bonds. The molecular weight excluding hydrogens is 160 g/mol. The molecule has 11 heavy (non-hydrogen) atoms. The van der Waals surface area contributed by atoms with E-state index >= 15 is 0 Å². The monoisotopic (exact) mass is 180 g/mol. The maximum atomic E-state index is 5.79. The summed E-state index contributed by atoms with van der Waals surface area (Å²) in [4.78, 5) is 0. The van der Waals surface area contributed by atoms with Gasteiger partial charge in [-0.1, -0.05) is 12.8 Å². The number of unbranched alkanes of at least 4 members (excludes halogenated alkanes) is 2. The van der Waals surface area contributed by atoms with Crippen molar-refractivity contribution in [2.75, 3.05) is 6.54 Å². The Hall–Kier alpha value is 0.210. The molecule has 0 radical (unpaired) electrons. The number of nitrogens with two attached hydrogens (primary N) is 2. The average molecular weight is 181 g/mol. The van der Waals surface area contributed by atoms with Gasteiger partial charge in [-0.05, 0) is 33.2 Å². The van der Waals surface area contributed by atoms with E-state index < -0.39 is 0 Å². The lowest BCUT2D eigenvalue weighted by molar-refractivity contribution is 0.447. The second-order valence-electron chi connectivity index (χ2n) is 3.59. The zero-order chi connectivity index (χ0) is 8.04. The first kappa shape index (κ1) is 13.8. The maximum Gasteiger partial charge on any atom is 0.00970 e. The summed E-state index contributed by atoms with van der Waals surface area (Å²) in [5.41, 5.74) is 11.1. The topological polar surface area (TPSA) is 52.0 Å². The Bertz CT molecular complexity index is 78.7. The van der Waals surface area contributed by atoms with E-state index in [0.29, 0.717) is 0 Å². The third-order valence-electron chi connectivity index (χ3n) is 1.53. The van der Waals surface area contributed by atoms with Crippen LogP contribution in [-0.4, -0.2) is 12.1 Å². The minimum atomic E-state index is 0. The fourth-order valence-electron chi connectivity index (χ4n) is 0.902. The van der Waals surface area contributed by atoms with Crippen LogP contribution in [0.25, 0.3) is 0 Å². The van der Waals surface area contributed by atoms with E-state index in [1.54, 1.807) is 0 Å². The highest BCUT2D eigenvalue weighted by Crippen LogP contribution is 2.09. The molecule has 0 aliphatic rings. The van der Waals surface area contributed by atoms with Crippen LogP contribution in [-0.2, 0) is 0 Å². The lowest BCUT2D eigenvalue weighted by Crippen LogP contribution is -2.31. The zero-order valence-electron chi connectivity index (χ0n) is 7.60. The molecule has 0 saturated heterocycles. The molecule has 0 atom stereocenters. The van der Waals surface area contributed by atoms with Crippen LogP contribution in [0.5, 0.6) is 0 Å². The standard InChI is InChI=1S/C8H20N2.ClH/c1-8(2,10)6-4-3-5-7-9;/h3-7,9-10H2,1-2H3;1H. The number of hydrogen-bond donors (Lipinski definition) is 2. The Balaban J connectivity index is 0. The minimum Gasteiger partial charge on any atom is -0.330 e. The van der Waals surface area contributed by atoms with Gasteiger partial charge in [-0.15, -0.1) is 12.4 Å². The van der Waals surface area contributed by atoms with Gasteiger partial charge in [-0.3, -0.25) is 0 Å². The van der Waals surface area contributed by atoms with E-state index in [2.05, 4.69) is 13.8 Å². The Kier molecular flexibility index (Phi) is 8.63. The molecule has 0 spiro atoms. The summed E-state index contributed by atoms with van der Waals surface area (Å²) in [7, 11) is 0. The maximum absolute atomic E-state index is 5.79. The molecule has 0 aromatic heterocycles. The molecule has 0 aromatic carbocycles. The van der Waals surface area contributed by atoms with E-state index in [1.165, 1.54) is 12.8 Å². The van der Waals surface area contributed by atoms with Crippen LogP contribution in [0.1, 0.15) is 39.5 Å².